The highest BCUT2D eigenvalue weighted by molar-refractivity contribution is 9.10. The van der Waals surface area contributed by atoms with Gasteiger partial charge in [-0.2, -0.15) is 0 Å². The predicted octanol–water partition coefficient (Wildman–Crippen LogP) is 2.54. The molecule has 1 aromatic rings. The standard InChI is InChI=1S/C16H17BrN2O4S/c1-4-18-14(21)10(15(22)19(5-2)16(18)24)6-9-7-11(17)13(20)12(8-9)23-3/h6-8,20H,4-5H2,1-3H3. The molecule has 1 aliphatic rings. The van der Waals surface area contributed by atoms with Crippen LogP contribution in [0.3, 0.4) is 0 Å². The lowest BCUT2D eigenvalue weighted by Gasteiger charge is -2.35. The van der Waals surface area contributed by atoms with Gasteiger partial charge in [-0.05, 0) is 65.8 Å². The molecule has 24 heavy (non-hydrogen) atoms. The topological polar surface area (TPSA) is 70.1 Å². The van der Waals surface area contributed by atoms with Crippen LogP contribution in [0.1, 0.15) is 19.4 Å². The minimum atomic E-state index is -0.430. The average Bonchev–Trinajstić information content (AvgIpc) is 2.55. The van der Waals surface area contributed by atoms with Gasteiger partial charge in [0.15, 0.2) is 16.6 Å². The quantitative estimate of drug-likeness (QED) is 0.467. The highest BCUT2D eigenvalue weighted by Crippen LogP contribution is 2.36. The van der Waals surface area contributed by atoms with Gasteiger partial charge in [0.2, 0.25) is 0 Å². The van der Waals surface area contributed by atoms with Gasteiger partial charge in [0.05, 0.1) is 11.6 Å². The van der Waals surface area contributed by atoms with Crippen LogP contribution in [0.15, 0.2) is 22.2 Å². The van der Waals surface area contributed by atoms with Gasteiger partial charge in [-0.15, -0.1) is 0 Å². The summed E-state index contributed by atoms with van der Waals surface area (Å²) in [5, 5.41) is 10.1. The maximum atomic E-state index is 12.6. The molecule has 0 aliphatic carbocycles. The minimum Gasteiger partial charge on any atom is -0.503 e. The highest BCUT2D eigenvalue weighted by atomic mass is 79.9. The van der Waals surface area contributed by atoms with E-state index in [9.17, 15) is 14.7 Å². The molecule has 0 aromatic heterocycles. The molecular formula is C16H17BrN2O4S. The number of phenols is 1. The lowest BCUT2D eigenvalue weighted by atomic mass is 10.1. The number of hydrogen-bond acceptors (Lipinski definition) is 5. The van der Waals surface area contributed by atoms with Crippen LogP contribution in [-0.4, -0.2) is 52.0 Å². The van der Waals surface area contributed by atoms with E-state index in [2.05, 4.69) is 15.9 Å². The molecular weight excluding hydrogens is 396 g/mol. The zero-order valence-electron chi connectivity index (χ0n) is 13.5. The molecule has 6 nitrogen and oxygen atoms in total. The molecule has 0 unspecified atom stereocenters. The maximum Gasteiger partial charge on any atom is 0.265 e. The van der Waals surface area contributed by atoms with Crippen LogP contribution in [0, 0.1) is 0 Å². The molecule has 0 saturated carbocycles. The molecule has 0 spiro atoms. The summed E-state index contributed by atoms with van der Waals surface area (Å²) in [7, 11) is 1.42. The summed E-state index contributed by atoms with van der Waals surface area (Å²) >= 11 is 8.44. The third kappa shape index (κ3) is 3.16. The molecule has 1 saturated heterocycles. The Balaban J connectivity index is 2.54. The van der Waals surface area contributed by atoms with E-state index in [4.69, 9.17) is 17.0 Å². The maximum absolute atomic E-state index is 12.6. The lowest BCUT2D eigenvalue weighted by Crippen LogP contribution is -2.55. The van der Waals surface area contributed by atoms with Crippen molar-refractivity contribution in [1.82, 2.24) is 9.80 Å². The Bertz CT molecular complexity index is 720. The van der Waals surface area contributed by atoms with Crippen molar-refractivity contribution in [3.8, 4) is 11.5 Å². The second-order valence-electron chi connectivity index (χ2n) is 4.99. The summed E-state index contributed by atoms with van der Waals surface area (Å²) < 4.78 is 5.49. The Labute approximate surface area is 153 Å². The largest absolute Gasteiger partial charge is 0.503 e. The number of carbonyl (C=O) groups is 2. The molecule has 1 fully saturated rings. The van der Waals surface area contributed by atoms with Gasteiger partial charge in [0.25, 0.3) is 11.8 Å². The van der Waals surface area contributed by atoms with Gasteiger partial charge < -0.3 is 9.84 Å². The van der Waals surface area contributed by atoms with Crippen LogP contribution in [0.4, 0.5) is 0 Å². The second-order valence-corrected chi connectivity index (χ2v) is 6.21. The van der Waals surface area contributed by atoms with Crippen molar-refractivity contribution in [3.63, 3.8) is 0 Å². The molecule has 128 valence electrons. The first kappa shape index (κ1) is 18.4. The Morgan fingerprint density at radius 3 is 2.21 bits per heavy atom. The number of nitrogens with zero attached hydrogens (tertiary/aromatic N) is 2. The van der Waals surface area contributed by atoms with E-state index in [1.807, 2.05) is 0 Å². The van der Waals surface area contributed by atoms with Crippen LogP contribution in [0.2, 0.25) is 0 Å². The fourth-order valence-corrected chi connectivity index (χ4v) is 3.27. The van der Waals surface area contributed by atoms with E-state index in [0.717, 1.165) is 0 Å². The first-order chi connectivity index (χ1) is 11.3. The summed E-state index contributed by atoms with van der Waals surface area (Å²) in [5.41, 5.74) is 0.570. The molecule has 0 bridgehead atoms. The molecule has 8 heteroatoms. The van der Waals surface area contributed by atoms with Gasteiger partial charge >= 0.3 is 0 Å². The number of hydrogen-bond donors (Lipinski definition) is 1. The van der Waals surface area contributed by atoms with Gasteiger partial charge in [0, 0.05) is 13.1 Å². The fraction of sp³-hybridized carbons (Fsp3) is 0.312. The van der Waals surface area contributed by atoms with Gasteiger partial charge in [-0.3, -0.25) is 19.4 Å². The Morgan fingerprint density at radius 2 is 1.75 bits per heavy atom. The summed E-state index contributed by atoms with van der Waals surface area (Å²) in [4.78, 5) is 27.9. The van der Waals surface area contributed by atoms with E-state index >= 15 is 0 Å². The van der Waals surface area contributed by atoms with Crippen molar-refractivity contribution >= 4 is 51.2 Å². The molecule has 0 atom stereocenters. The number of thiocarbonyl (C=S) groups is 1. The zero-order chi connectivity index (χ0) is 18.0. The third-order valence-corrected chi connectivity index (χ3v) is 4.67. The number of amides is 2. The van der Waals surface area contributed by atoms with E-state index in [-0.39, 0.29) is 22.2 Å². The highest BCUT2D eigenvalue weighted by Gasteiger charge is 2.37. The summed E-state index contributed by atoms with van der Waals surface area (Å²) in [6.07, 6.45) is 1.48. The normalized spacial score (nSPS) is 15.2. The SMILES string of the molecule is CCN1C(=O)C(=Cc2cc(Br)c(O)c(OC)c2)C(=O)N(CC)C1=S. The molecule has 0 radical (unpaired) electrons. The number of phenolic OH excluding ortho intramolecular Hbond substituents is 1. The lowest BCUT2D eigenvalue weighted by molar-refractivity contribution is -0.133. The average molecular weight is 413 g/mol. The van der Waals surface area contributed by atoms with E-state index in [1.54, 1.807) is 26.0 Å². The first-order valence-corrected chi connectivity index (χ1v) is 8.51. The molecule has 2 rings (SSSR count). The van der Waals surface area contributed by atoms with Gasteiger partial charge in [0.1, 0.15) is 5.57 Å². The first-order valence-electron chi connectivity index (χ1n) is 7.31. The van der Waals surface area contributed by atoms with Crippen molar-refractivity contribution in [2.24, 2.45) is 0 Å². The van der Waals surface area contributed by atoms with E-state index in [1.165, 1.54) is 23.0 Å². The monoisotopic (exact) mass is 412 g/mol. The summed E-state index contributed by atoms with van der Waals surface area (Å²) in [6, 6.07) is 3.15. The van der Waals surface area contributed by atoms with Crippen molar-refractivity contribution in [2.45, 2.75) is 13.8 Å². The van der Waals surface area contributed by atoms with Crippen molar-refractivity contribution < 1.29 is 19.4 Å². The minimum absolute atomic E-state index is 0.0203. The van der Waals surface area contributed by atoms with Crippen molar-refractivity contribution in [2.75, 3.05) is 20.2 Å². The number of likely N-dealkylation sites (N-methyl/N-ethyl adjacent to an activating group) is 2. The van der Waals surface area contributed by atoms with Crippen LogP contribution in [-0.2, 0) is 9.59 Å². The number of halogens is 1. The van der Waals surface area contributed by atoms with E-state index in [0.29, 0.717) is 23.1 Å². The number of carbonyl (C=O) groups excluding carboxylic acids is 2. The van der Waals surface area contributed by atoms with Crippen LogP contribution in [0.25, 0.3) is 6.08 Å². The molecule has 1 aromatic carbocycles. The number of aromatic hydroxyl groups is 1. The number of methoxy groups -OCH3 is 1. The van der Waals surface area contributed by atoms with Gasteiger partial charge in [-0.1, -0.05) is 0 Å². The third-order valence-electron chi connectivity index (χ3n) is 3.63. The fourth-order valence-electron chi connectivity index (χ4n) is 2.38. The van der Waals surface area contributed by atoms with Crippen LogP contribution in [0.5, 0.6) is 11.5 Å². The number of rotatable bonds is 4. The summed E-state index contributed by atoms with van der Waals surface area (Å²) in [5.74, 6) is -0.671. The Kier molecular flexibility index (Phi) is 5.61. The number of benzene rings is 1. The predicted molar refractivity (Wildman–Crippen MR) is 97.7 cm³/mol. The smallest absolute Gasteiger partial charge is 0.265 e. The van der Waals surface area contributed by atoms with Crippen LogP contribution < -0.4 is 4.74 Å². The second kappa shape index (κ2) is 7.31. The molecule has 1 N–H and O–H groups in total. The summed E-state index contributed by atoms with van der Waals surface area (Å²) in [6.45, 7) is 4.35. The van der Waals surface area contributed by atoms with Crippen LogP contribution >= 0.6 is 28.1 Å². The molecule has 1 heterocycles. The molecule has 2 amide bonds. The van der Waals surface area contributed by atoms with Crippen molar-refractivity contribution in [1.29, 1.82) is 0 Å². The molecule has 1 aliphatic heterocycles. The zero-order valence-corrected chi connectivity index (χ0v) is 15.9. The van der Waals surface area contributed by atoms with Crippen molar-refractivity contribution in [3.05, 3.63) is 27.7 Å². The Morgan fingerprint density at radius 1 is 1.21 bits per heavy atom. The van der Waals surface area contributed by atoms with E-state index < -0.39 is 11.8 Å². The Hall–Kier alpha value is -1.93. The number of ether oxygens (including phenoxy) is 1. The van der Waals surface area contributed by atoms with Gasteiger partial charge in [-0.25, -0.2) is 0 Å².